The highest BCUT2D eigenvalue weighted by Crippen LogP contribution is 2.48. The molecule has 0 radical (unpaired) electrons. The molecular weight excluding hydrogens is 490 g/mol. The molecule has 2 heteroatoms. The fourth-order valence-corrected chi connectivity index (χ4v) is 7.34. The van der Waals surface area contributed by atoms with Crippen molar-refractivity contribution >= 4 is 67.1 Å². The first-order valence-electron chi connectivity index (χ1n) is 13.1. The van der Waals surface area contributed by atoms with Crippen LogP contribution in [0.4, 0.5) is 0 Å². The Balaban J connectivity index is 1.39. The van der Waals surface area contributed by atoms with Gasteiger partial charge < -0.3 is 0 Å². The molecule has 0 aliphatic carbocycles. The normalized spacial score (nSPS) is 12.2. The van der Waals surface area contributed by atoms with Gasteiger partial charge in [-0.2, -0.15) is 0 Å². The van der Waals surface area contributed by atoms with E-state index in [0.29, 0.717) is 0 Å². The van der Waals surface area contributed by atoms with Crippen LogP contribution in [0.1, 0.15) is 11.1 Å². The van der Waals surface area contributed by atoms with Crippen molar-refractivity contribution in [2.24, 2.45) is 0 Å². The maximum absolute atomic E-state index is 5.28. The van der Waals surface area contributed by atoms with Gasteiger partial charge in [-0.3, -0.25) is 0 Å². The Morgan fingerprint density at radius 3 is 2.03 bits per heavy atom. The summed E-state index contributed by atoms with van der Waals surface area (Å²) in [4.78, 5) is 7.82. The third kappa shape index (κ3) is 3.19. The Morgan fingerprint density at radius 2 is 1.18 bits per heavy atom. The van der Waals surface area contributed by atoms with Crippen LogP contribution >= 0.6 is 11.8 Å². The Bertz CT molecular complexity index is 2190. The van der Waals surface area contributed by atoms with Crippen molar-refractivity contribution in [2.45, 2.75) is 9.79 Å². The summed E-state index contributed by atoms with van der Waals surface area (Å²) in [6, 6.07) is 37.2. The average Bonchev–Trinajstić information content (AvgIpc) is 3.00. The molecule has 1 aromatic heterocycles. The summed E-state index contributed by atoms with van der Waals surface area (Å²) in [5.41, 5.74) is 7.88. The average molecular weight is 514 g/mol. The fourth-order valence-electron chi connectivity index (χ4n) is 6.22. The van der Waals surface area contributed by atoms with Gasteiger partial charge in [-0.15, -0.1) is 0 Å². The lowest BCUT2D eigenvalue weighted by atomic mass is 9.89. The Kier molecular flexibility index (Phi) is 4.82. The van der Waals surface area contributed by atoms with Gasteiger partial charge in [-0.05, 0) is 73.5 Å². The highest BCUT2D eigenvalue weighted by molar-refractivity contribution is 7.99. The van der Waals surface area contributed by atoms with Gasteiger partial charge in [0, 0.05) is 26.1 Å². The van der Waals surface area contributed by atoms with Gasteiger partial charge in [0.15, 0.2) is 0 Å². The molecule has 39 heavy (non-hydrogen) atoms. The number of rotatable bonds is 3. The van der Waals surface area contributed by atoms with Gasteiger partial charge in [0.2, 0.25) is 0 Å². The van der Waals surface area contributed by atoms with Gasteiger partial charge in [0.05, 0.1) is 11.2 Å². The molecule has 0 atom stereocenters. The van der Waals surface area contributed by atoms with Crippen LogP contribution in [0, 0.1) is 0 Å². The molecule has 0 saturated carbocycles. The van der Waals surface area contributed by atoms with Crippen molar-refractivity contribution in [3.63, 3.8) is 0 Å². The third-order valence-corrected chi connectivity index (χ3v) is 9.13. The maximum atomic E-state index is 5.28. The molecule has 0 unspecified atom stereocenters. The number of aromatic nitrogens is 1. The van der Waals surface area contributed by atoms with E-state index in [1.807, 2.05) is 23.9 Å². The zero-order valence-electron chi connectivity index (χ0n) is 21.2. The predicted octanol–water partition coefficient (Wildman–Crippen LogP) is 10.8. The largest absolute Gasteiger partial charge is 0.247 e. The molecule has 182 valence electrons. The second kappa shape index (κ2) is 8.42. The van der Waals surface area contributed by atoms with Crippen molar-refractivity contribution in [3.05, 3.63) is 127 Å². The minimum Gasteiger partial charge on any atom is -0.247 e. The highest BCUT2D eigenvalue weighted by atomic mass is 32.2. The molecule has 0 spiro atoms. The van der Waals surface area contributed by atoms with Crippen LogP contribution in [0.25, 0.3) is 77.8 Å². The quantitative estimate of drug-likeness (QED) is 0.218. The molecule has 0 N–H and O–H groups in total. The standard InChI is InChI=1S/C37H23NS/c1-3-24-25(4-2)32-20-22(16-18-28(32)27-11-6-5-10-26(24)27)23-17-19-29-30-13-9-15-35-36(30)37(38-33(29)21-23)31-12-7-8-14-34(31)39-35/h3-21H,1-2H2. The van der Waals surface area contributed by atoms with Crippen molar-refractivity contribution < 1.29 is 0 Å². The van der Waals surface area contributed by atoms with Gasteiger partial charge in [-0.25, -0.2) is 4.98 Å². The molecule has 7 aromatic rings. The van der Waals surface area contributed by atoms with E-state index in [1.165, 1.54) is 53.1 Å². The van der Waals surface area contributed by atoms with Gasteiger partial charge in [-0.1, -0.05) is 116 Å². The zero-order valence-corrected chi connectivity index (χ0v) is 22.1. The third-order valence-electron chi connectivity index (χ3n) is 7.99. The molecule has 1 nitrogen and oxygen atoms in total. The monoisotopic (exact) mass is 513 g/mol. The van der Waals surface area contributed by atoms with E-state index in [9.17, 15) is 0 Å². The van der Waals surface area contributed by atoms with Crippen molar-refractivity contribution in [3.8, 4) is 22.4 Å². The Hall–Kier alpha value is -4.66. The summed E-state index contributed by atoms with van der Waals surface area (Å²) in [6.45, 7) is 8.28. The molecule has 0 bridgehead atoms. The highest BCUT2D eigenvalue weighted by Gasteiger charge is 2.22. The topological polar surface area (TPSA) is 12.9 Å². The first kappa shape index (κ1) is 22.3. The lowest BCUT2D eigenvalue weighted by molar-refractivity contribution is 1.32. The SMILES string of the molecule is C=Cc1c(C=C)c2cc(-c3ccc4c(c3)nc3c5c(cccc54)Sc4ccccc4-3)ccc2c2ccccc12. The van der Waals surface area contributed by atoms with Crippen LogP contribution in [-0.2, 0) is 0 Å². The number of hydrogen-bond donors (Lipinski definition) is 0. The lowest BCUT2D eigenvalue weighted by Gasteiger charge is -2.20. The molecular formula is C37H23NS. The molecule has 0 amide bonds. The van der Waals surface area contributed by atoms with E-state index in [0.717, 1.165) is 33.5 Å². The van der Waals surface area contributed by atoms with Crippen LogP contribution in [-0.4, -0.2) is 4.98 Å². The first-order valence-corrected chi connectivity index (χ1v) is 13.9. The van der Waals surface area contributed by atoms with E-state index >= 15 is 0 Å². The summed E-state index contributed by atoms with van der Waals surface area (Å²) in [5.74, 6) is 0. The van der Waals surface area contributed by atoms with Crippen LogP contribution in [0.2, 0.25) is 0 Å². The smallest absolute Gasteiger partial charge is 0.0810 e. The number of nitrogens with zero attached hydrogens (tertiary/aromatic N) is 1. The molecule has 6 aromatic carbocycles. The van der Waals surface area contributed by atoms with E-state index < -0.39 is 0 Å². The number of fused-ring (bicyclic) bond motifs is 7. The number of hydrogen-bond acceptors (Lipinski definition) is 2. The second-order valence-electron chi connectivity index (χ2n) is 10.0. The summed E-state index contributed by atoms with van der Waals surface area (Å²) >= 11 is 1.84. The Labute approximate surface area is 231 Å². The second-order valence-corrected chi connectivity index (χ2v) is 11.1. The van der Waals surface area contributed by atoms with Gasteiger partial charge >= 0.3 is 0 Å². The van der Waals surface area contributed by atoms with E-state index in [4.69, 9.17) is 4.98 Å². The van der Waals surface area contributed by atoms with Crippen LogP contribution in [0.5, 0.6) is 0 Å². The molecule has 0 saturated heterocycles. The van der Waals surface area contributed by atoms with Crippen LogP contribution < -0.4 is 0 Å². The number of benzene rings is 6. The zero-order chi connectivity index (χ0) is 26.1. The summed E-state index contributed by atoms with van der Waals surface area (Å²) in [7, 11) is 0. The molecule has 2 heterocycles. The summed E-state index contributed by atoms with van der Waals surface area (Å²) in [5, 5.41) is 8.56. The minimum absolute atomic E-state index is 1.02. The molecule has 1 aliphatic rings. The van der Waals surface area contributed by atoms with Crippen molar-refractivity contribution in [2.75, 3.05) is 0 Å². The molecule has 1 aliphatic heterocycles. The molecule has 0 fully saturated rings. The van der Waals surface area contributed by atoms with Gasteiger partial charge in [0.1, 0.15) is 0 Å². The summed E-state index contributed by atoms with van der Waals surface area (Å²) < 4.78 is 0. The van der Waals surface area contributed by atoms with E-state index in [1.54, 1.807) is 0 Å². The fraction of sp³-hybridized carbons (Fsp3) is 0. The first-order chi connectivity index (χ1) is 19.2. The predicted molar refractivity (Wildman–Crippen MR) is 169 cm³/mol. The summed E-state index contributed by atoms with van der Waals surface area (Å²) in [6.07, 6.45) is 3.91. The van der Waals surface area contributed by atoms with Crippen LogP contribution in [0.3, 0.4) is 0 Å². The van der Waals surface area contributed by atoms with E-state index in [-0.39, 0.29) is 0 Å². The maximum Gasteiger partial charge on any atom is 0.0810 e. The van der Waals surface area contributed by atoms with E-state index in [2.05, 4.69) is 116 Å². The van der Waals surface area contributed by atoms with Crippen molar-refractivity contribution in [1.29, 1.82) is 0 Å². The van der Waals surface area contributed by atoms with Crippen molar-refractivity contribution in [1.82, 2.24) is 4.98 Å². The van der Waals surface area contributed by atoms with Gasteiger partial charge in [0.25, 0.3) is 0 Å². The number of pyridine rings is 1. The van der Waals surface area contributed by atoms with Crippen LogP contribution in [0.15, 0.2) is 126 Å². The lowest BCUT2D eigenvalue weighted by Crippen LogP contribution is -1.97. The molecule has 8 rings (SSSR count). The minimum atomic E-state index is 1.02. The Morgan fingerprint density at radius 1 is 0.538 bits per heavy atom.